The fourth-order valence-electron chi connectivity index (χ4n) is 3.85. The smallest absolute Gasteiger partial charge is 0.283 e. The first kappa shape index (κ1) is 21.8. The van der Waals surface area contributed by atoms with Gasteiger partial charge in [0.15, 0.2) is 0 Å². The number of para-hydroxylation sites is 1. The predicted octanol–water partition coefficient (Wildman–Crippen LogP) is 2.46. The summed E-state index contributed by atoms with van der Waals surface area (Å²) >= 11 is 5.85. The molecule has 2 aromatic rings. The SMILES string of the molecule is CC1C(=O)N(CN2CCN(S(=O)(=O)c3ccc(Cl)cc3)CC2)C(=O)N1c1ccccc1. The van der Waals surface area contributed by atoms with Crippen LogP contribution in [-0.2, 0) is 14.8 Å². The number of amides is 3. The third-order valence-corrected chi connectivity index (χ3v) is 7.77. The van der Waals surface area contributed by atoms with Crippen molar-refractivity contribution in [2.24, 2.45) is 0 Å². The summed E-state index contributed by atoms with van der Waals surface area (Å²) in [5, 5.41) is 0.475. The third-order valence-electron chi connectivity index (χ3n) is 5.61. The zero-order valence-electron chi connectivity index (χ0n) is 17.0. The molecule has 0 bridgehead atoms. The Hall–Kier alpha value is -2.46. The molecule has 4 rings (SSSR count). The Bertz CT molecular complexity index is 1070. The largest absolute Gasteiger partial charge is 0.333 e. The van der Waals surface area contributed by atoms with Crippen molar-refractivity contribution in [1.29, 1.82) is 0 Å². The number of imide groups is 1. The molecule has 0 aliphatic carbocycles. The molecule has 2 saturated heterocycles. The van der Waals surface area contributed by atoms with E-state index in [1.165, 1.54) is 26.2 Å². The molecule has 0 aromatic heterocycles. The van der Waals surface area contributed by atoms with Gasteiger partial charge >= 0.3 is 6.03 Å². The van der Waals surface area contributed by atoms with Crippen LogP contribution < -0.4 is 4.90 Å². The van der Waals surface area contributed by atoms with Crippen LogP contribution in [0, 0.1) is 0 Å². The molecule has 8 nitrogen and oxygen atoms in total. The molecule has 10 heteroatoms. The Labute approximate surface area is 186 Å². The first-order valence-electron chi connectivity index (χ1n) is 9.97. The van der Waals surface area contributed by atoms with Crippen molar-refractivity contribution in [2.75, 3.05) is 37.7 Å². The van der Waals surface area contributed by atoms with Crippen LogP contribution in [0.4, 0.5) is 10.5 Å². The third kappa shape index (κ3) is 4.18. The molecular weight excluding hydrogens is 440 g/mol. The fourth-order valence-corrected chi connectivity index (χ4v) is 5.39. The van der Waals surface area contributed by atoms with Crippen LogP contribution in [0.5, 0.6) is 0 Å². The zero-order valence-corrected chi connectivity index (χ0v) is 18.6. The number of anilines is 1. The molecule has 31 heavy (non-hydrogen) atoms. The number of hydrogen-bond donors (Lipinski definition) is 0. The predicted molar refractivity (Wildman–Crippen MR) is 117 cm³/mol. The Morgan fingerprint density at radius 3 is 2.16 bits per heavy atom. The summed E-state index contributed by atoms with van der Waals surface area (Å²) in [4.78, 5) is 30.5. The van der Waals surface area contributed by atoms with Crippen LogP contribution in [-0.4, -0.2) is 73.4 Å². The van der Waals surface area contributed by atoms with Crippen LogP contribution in [0.25, 0.3) is 0 Å². The highest BCUT2D eigenvalue weighted by Gasteiger charge is 2.44. The number of benzene rings is 2. The molecule has 0 N–H and O–H groups in total. The first-order valence-corrected chi connectivity index (χ1v) is 11.8. The van der Waals surface area contributed by atoms with Crippen molar-refractivity contribution in [3.63, 3.8) is 0 Å². The number of sulfonamides is 1. The lowest BCUT2D eigenvalue weighted by atomic mass is 10.2. The van der Waals surface area contributed by atoms with E-state index in [9.17, 15) is 18.0 Å². The summed E-state index contributed by atoms with van der Waals surface area (Å²) in [6.07, 6.45) is 0. The van der Waals surface area contributed by atoms with E-state index in [-0.39, 0.29) is 36.6 Å². The minimum absolute atomic E-state index is 0.139. The van der Waals surface area contributed by atoms with E-state index in [0.29, 0.717) is 23.8 Å². The summed E-state index contributed by atoms with van der Waals surface area (Å²) in [7, 11) is -3.61. The molecule has 164 valence electrons. The second-order valence-corrected chi connectivity index (χ2v) is 9.92. The van der Waals surface area contributed by atoms with Gasteiger partial charge in [-0.1, -0.05) is 29.8 Å². The van der Waals surface area contributed by atoms with Crippen molar-refractivity contribution in [3.8, 4) is 0 Å². The number of piperazine rings is 1. The monoisotopic (exact) mass is 462 g/mol. The van der Waals surface area contributed by atoms with E-state index < -0.39 is 16.1 Å². The molecule has 0 radical (unpaired) electrons. The highest BCUT2D eigenvalue weighted by molar-refractivity contribution is 7.89. The van der Waals surface area contributed by atoms with Crippen molar-refractivity contribution in [2.45, 2.75) is 17.9 Å². The summed E-state index contributed by atoms with van der Waals surface area (Å²) < 4.78 is 27.1. The van der Waals surface area contributed by atoms with Gasteiger partial charge in [-0.25, -0.2) is 18.1 Å². The highest BCUT2D eigenvalue weighted by Crippen LogP contribution is 2.26. The van der Waals surface area contributed by atoms with Crippen LogP contribution in [0.2, 0.25) is 5.02 Å². The number of halogens is 1. The van der Waals surface area contributed by atoms with E-state index in [0.717, 1.165) is 0 Å². The van der Waals surface area contributed by atoms with Gasteiger partial charge in [-0.05, 0) is 43.3 Å². The molecule has 1 unspecified atom stereocenters. The molecule has 2 heterocycles. The van der Waals surface area contributed by atoms with E-state index in [4.69, 9.17) is 11.6 Å². The quantitative estimate of drug-likeness (QED) is 0.637. The molecule has 2 aliphatic rings. The van der Waals surface area contributed by atoms with Gasteiger partial charge in [-0.2, -0.15) is 4.31 Å². The average Bonchev–Trinajstić information content (AvgIpc) is 2.98. The van der Waals surface area contributed by atoms with Crippen molar-refractivity contribution < 1.29 is 18.0 Å². The van der Waals surface area contributed by atoms with Gasteiger partial charge in [0.2, 0.25) is 10.0 Å². The van der Waals surface area contributed by atoms with E-state index in [1.54, 1.807) is 31.2 Å². The molecule has 1 atom stereocenters. The van der Waals surface area contributed by atoms with E-state index >= 15 is 0 Å². The van der Waals surface area contributed by atoms with Crippen LogP contribution in [0.3, 0.4) is 0 Å². The van der Waals surface area contributed by atoms with Gasteiger partial charge in [-0.15, -0.1) is 0 Å². The standard InChI is InChI=1S/C21H23ClN4O4S/c1-16-20(27)25(21(28)26(16)18-5-3-2-4-6-18)15-23-11-13-24(14-12-23)31(29,30)19-9-7-17(22)8-10-19/h2-10,16H,11-15H2,1H3. The van der Waals surface area contributed by atoms with Gasteiger partial charge in [0.25, 0.3) is 5.91 Å². The summed E-state index contributed by atoms with van der Waals surface area (Å²) in [6, 6.07) is 14.2. The van der Waals surface area contributed by atoms with Gasteiger partial charge < -0.3 is 0 Å². The van der Waals surface area contributed by atoms with Gasteiger partial charge in [0, 0.05) is 36.9 Å². The van der Waals surface area contributed by atoms with Crippen LogP contribution >= 0.6 is 11.6 Å². The number of nitrogens with zero attached hydrogens (tertiary/aromatic N) is 4. The summed E-state index contributed by atoms with van der Waals surface area (Å²) in [6.45, 7) is 3.25. The number of rotatable bonds is 5. The second kappa shape index (κ2) is 8.58. The van der Waals surface area contributed by atoms with Crippen molar-refractivity contribution in [3.05, 3.63) is 59.6 Å². The lowest BCUT2D eigenvalue weighted by molar-refractivity contribution is -0.128. The van der Waals surface area contributed by atoms with Gasteiger partial charge in [0.1, 0.15) is 6.04 Å². The van der Waals surface area contributed by atoms with E-state index in [1.807, 2.05) is 23.1 Å². The molecule has 2 aliphatic heterocycles. The number of carbonyl (C=O) groups excluding carboxylic acids is 2. The average molecular weight is 463 g/mol. The highest BCUT2D eigenvalue weighted by atomic mass is 35.5. The molecule has 0 spiro atoms. The fraction of sp³-hybridized carbons (Fsp3) is 0.333. The van der Waals surface area contributed by atoms with Crippen LogP contribution in [0.1, 0.15) is 6.92 Å². The van der Waals surface area contributed by atoms with Crippen LogP contribution in [0.15, 0.2) is 59.5 Å². The maximum atomic E-state index is 12.9. The maximum absolute atomic E-state index is 12.9. The Morgan fingerprint density at radius 1 is 0.935 bits per heavy atom. The molecular formula is C21H23ClN4O4S. The molecule has 3 amide bonds. The lowest BCUT2D eigenvalue weighted by Gasteiger charge is -2.35. The van der Waals surface area contributed by atoms with Gasteiger partial charge in [0.05, 0.1) is 11.6 Å². The second-order valence-electron chi connectivity index (χ2n) is 7.55. The van der Waals surface area contributed by atoms with Gasteiger partial charge in [-0.3, -0.25) is 14.6 Å². The Kier molecular flexibility index (Phi) is 6.02. The molecule has 2 fully saturated rings. The van der Waals surface area contributed by atoms with E-state index in [2.05, 4.69) is 0 Å². The molecule has 0 saturated carbocycles. The molecule has 2 aromatic carbocycles. The Morgan fingerprint density at radius 2 is 1.55 bits per heavy atom. The normalized spacial score (nSPS) is 21.2. The number of urea groups is 1. The number of hydrogen-bond acceptors (Lipinski definition) is 5. The minimum Gasteiger partial charge on any atom is -0.283 e. The first-order chi connectivity index (χ1) is 14.8. The maximum Gasteiger partial charge on any atom is 0.333 e. The topological polar surface area (TPSA) is 81.2 Å². The summed E-state index contributed by atoms with van der Waals surface area (Å²) in [5.74, 6) is -0.259. The zero-order chi connectivity index (χ0) is 22.2. The van der Waals surface area contributed by atoms with Crippen molar-refractivity contribution >= 4 is 39.2 Å². The number of carbonyl (C=O) groups is 2. The summed E-state index contributed by atoms with van der Waals surface area (Å²) in [5.41, 5.74) is 0.676. The minimum atomic E-state index is -3.61. The van der Waals surface area contributed by atoms with Crippen molar-refractivity contribution in [1.82, 2.24) is 14.1 Å². The Balaban J connectivity index is 1.40. The lowest BCUT2D eigenvalue weighted by Crippen LogP contribution is -2.52.